The van der Waals surface area contributed by atoms with E-state index < -0.39 is 0 Å². The molecule has 0 aliphatic heterocycles. The lowest BCUT2D eigenvalue weighted by Gasteiger charge is -2.10. The van der Waals surface area contributed by atoms with Crippen molar-refractivity contribution in [1.29, 1.82) is 0 Å². The van der Waals surface area contributed by atoms with Gasteiger partial charge in [-0.3, -0.25) is 9.59 Å². The average Bonchev–Trinajstić information content (AvgIpc) is 2.53. The summed E-state index contributed by atoms with van der Waals surface area (Å²) in [6.45, 7) is 6.14. The SMILES string of the molecule is C=CCNC(=O)c1ccccc1NC(=O)CCCCCCC. The second kappa shape index (κ2) is 10.6. The van der Waals surface area contributed by atoms with Crippen LogP contribution in [0.2, 0.25) is 0 Å². The van der Waals surface area contributed by atoms with E-state index in [9.17, 15) is 9.59 Å². The lowest BCUT2D eigenvalue weighted by atomic mass is 10.1. The van der Waals surface area contributed by atoms with Crippen molar-refractivity contribution in [2.75, 3.05) is 11.9 Å². The number of carbonyl (C=O) groups is 2. The Kier molecular flexibility index (Phi) is 8.65. The second-order valence-electron chi connectivity index (χ2n) is 5.26. The maximum absolute atomic E-state index is 12.0. The molecule has 4 nitrogen and oxygen atoms in total. The number of hydrogen-bond acceptors (Lipinski definition) is 2. The van der Waals surface area contributed by atoms with Crippen LogP contribution in [0.3, 0.4) is 0 Å². The maximum Gasteiger partial charge on any atom is 0.253 e. The van der Waals surface area contributed by atoms with Crippen molar-refractivity contribution in [1.82, 2.24) is 5.32 Å². The molecule has 0 saturated heterocycles. The number of carbonyl (C=O) groups excluding carboxylic acids is 2. The molecular formula is C18H26N2O2. The first kappa shape index (κ1) is 18.0. The molecule has 1 rings (SSSR count). The summed E-state index contributed by atoms with van der Waals surface area (Å²) in [6.07, 6.45) is 7.65. The van der Waals surface area contributed by atoms with Crippen molar-refractivity contribution in [2.45, 2.75) is 45.4 Å². The predicted octanol–water partition coefficient (Wildman–Crippen LogP) is 3.90. The third kappa shape index (κ3) is 6.57. The molecule has 1 aromatic carbocycles. The Hall–Kier alpha value is -2.10. The van der Waals surface area contributed by atoms with Gasteiger partial charge in [0.1, 0.15) is 0 Å². The molecule has 0 aliphatic rings. The van der Waals surface area contributed by atoms with Crippen molar-refractivity contribution < 1.29 is 9.59 Å². The Labute approximate surface area is 133 Å². The van der Waals surface area contributed by atoms with Crippen LogP contribution >= 0.6 is 0 Å². The normalized spacial score (nSPS) is 10.0. The first-order valence-electron chi connectivity index (χ1n) is 7.97. The highest BCUT2D eigenvalue weighted by molar-refractivity contribution is 6.03. The molecule has 0 fully saturated rings. The molecule has 4 heteroatoms. The summed E-state index contributed by atoms with van der Waals surface area (Å²) < 4.78 is 0. The minimum atomic E-state index is -0.209. The number of unbranched alkanes of at least 4 members (excludes halogenated alkanes) is 4. The number of anilines is 1. The van der Waals surface area contributed by atoms with E-state index in [2.05, 4.69) is 24.1 Å². The van der Waals surface area contributed by atoms with E-state index >= 15 is 0 Å². The summed E-state index contributed by atoms with van der Waals surface area (Å²) >= 11 is 0. The van der Waals surface area contributed by atoms with Crippen LogP contribution in [0.1, 0.15) is 55.8 Å². The fourth-order valence-corrected chi connectivity index (χ4v) is 2.15. The molecule has 0 heterocycles. The minimum Gasteiger partial charge on any atom is -0.349 e. The number of para-hydroxylation sites is 1. The molecule has 0 spiro atoms. The first-order valence-corrected chi connectivity index (χ1v) is 7.97. The fraction of sp³-hybridized carbons (Fsp3) is 0.444. The molecule has 0 atom stereocenters. The van der Waals surface area contributed by atoms with Gasteiger partial charge in [-0.1, -0.05) is 50.8 Å². The predicted molar refractivity (Wildman–Crippen MR) is 91.0 cm³/mol. The van der Waals surface area contributed by atoms with Crippen LogP contribution in [0.25, 0.3) is 0 Å². The summed E-state index contributed by atoms with van der Waals surface area (Å²) in [6, 6.07) is 7.04. The number of benzene rings is 1. The lowest BCUT2D eigenvalue weighted by Crippen LogP contribution is -2.25. The van der Waals surface area contributed by atoms with Crippen LogP contribution in [-0.2, 0) is 4.79 Å². The lowest BCUT2D eigenvalue weighted by molar-refractivity contribution is -0.116. The molecule has 1 aromatic rings. The zero-order valence-electron chi connectivity index (χ0n) is 13.4. The molecule has 0 aromatic heterocycles. The van der Waals surface area contributed by atoms with Gasteiger partial charge in [-0.25, -0.2) is 0 Å². The van der Waals surface area contributed by atoms with Crippen LogP contribution in [0, 0.1) is 0 Å². The van der Waals surface area contributed by atoms with Crippen LogP contribution < -0.4 is 10.6 Å². The van der Waals surface area contributed by atoms with E-state index in [4.69, 9.17) is 0 Å². The Balaban J connectivity index is 2.52. The largest absolute Gasteiger partial charge is 0.349 e. The van der Waals surface area contributed by atoms with Gasteiger partial charge < -0.3 is 10.6 Å². The van der Waals surface area contributed by atoms with Crippen molar-refractivity contribution in [3.63, 3.8) is 0 Å². The molecule has 0 bridgehead atoms. The molecule has 22 heavy (non-hydrogen) atoms. The summed E-state index contributed by atoms with van der Waals surface area (Å²) in [4.78, 5) is 24.0. The second-order valence-corrected chi connectivity index (χ2v) is 5.26. The van der Waals surface area contributed by atoms with E-state index in [1.807, 2.05) is 0 Å². The highest BCUT2D eigenvalue weighted by Crippen LogP contribution is 2.16. The number of hydrogen-bond donors (Lipinski definition) is 2. The molecular weight excluding hydrogens is 276 g/mol. The Bertz CT molecular complexity index is 498. The van der Waals surface area contributed by atoms with Gasteiger partial charge in [0.25, 0.3) is 5.91 Å². The highest BCUT2D eigenvalue weighted by Gasteiger charge is 2.12. The summed E-state index contributed by atoms with van der Waals surface area (Å²) in [5.41, 5.74) is 1.03. The molecule has 2 N–H and O–H groups in total. The van der Waals surface area contributed by atoms with Gasteiger partial charge in [0.05, 0.1) is 11.3 Å². The van der Waals surface area contributed by atoms with Gasteiger partial charge in [-0.15, -0.1) is 6.58 Å². The minimum absolute atomic E-state index is 0.0412. The molecule has 0 aliphatic carbocycles. The van der Waals surface area contributed by atoms with Crippen molar-refractivity contribution in [3.8, 4) is 0 Å². The molecule has 0 unspecified atom stereocenters. The number of rotatable bonds is 10. The van der Waals surface area contributed by atoms with Crippen LogP contribution in [0.4, 0.5) is 5.69 Å². The standard InChI is InChI=1S/C18H26N2O2/c1-3-5-6-7-8-13-17(21)20-16-12-10-9-11-15(16)18(22)19-14-4-2/h4,9-12H,2-3,5-8,13-14H2,1H3,(H,19,22)(H,20,21). The zero-order chi connectivity index (χ0) is 16.2. The average molecular weight is 302 g/mol. The fourth-order valence-electron chi connectivity index (χ4n) is 2.15. The van der Waals surface area contributed by atoms with Gasteiger partial charge in [-0.05, 0) is 18.6 Å². The summed E-state index contributed by atoms with van der Waals surface area (Å²) in [5.74, 6) is -0.251. The van der Waals surface area contributed by atoms with Gasteiger partial charge in [0.15, 0.2) is 0 Å². The Morgan fingerprint density at radius 1 is 1.14 bits per heavy atom. The van der Waals surface area contributed by atoms with Crippen molar-refractivity contribution in [3.05, 3.63) is 42.5 Å². The summed E-state index contributed by atoms with van der Waals surface area (Å²) in [5, 5.41) is 5.55. The molecule has 120 valence electrons. The van der Waals surface area contributed by atoms with E-state index in [1.54, 1.807) is 30.3 Å². The molecule has 2 amide bonds. The topological polar surface area (TPSA) is 58.2 Å². The third-order valence-corrected chi connectivity index (χ3v) is 3.36. The first-order chi connectivity index (χ1) is 10.7. The number of amides is 2. The van der Waals surface area contributed by atoms with Crippen LogP contribution in [0.15, 0.2) is 36.9 Å². The summed E-state index contributed by atoms with van der Waals surface area (Å²) in [7, 11) is 0. The van der Waals surface area contributed by atoms with Gasteiger partial charge in [0, 0.05) is 13.0 Å². The maximum atomic E-state index is 12.0. The van der Waals surface area contributed by atoms with Gasteiger partial charge in [0.2, 0.25) is 5.91 Å². The van der Waals surface area contributed by atoms with Crippen molar-refractivity contribution in [2.24, 2.45) is 0 Å². The van der Waals surface area contributed by atoms with Gasteiger partial charge in [-0.2, -0.15) is 0 Å². The van der Waals surface area contributed by atoms with Crippen LogP contribution in [0.5, 0.6) is 0 Å². The number of nitrogens with one attached hydrogen (secondary N) is 2. The third-order valence-electron chi connectivity index (χ3n) is 3.36. The van der Waals surface area contributed by atoms with E-state index in [-0.39, 0.29) is 11.8 Å². The van der Waals surface area contributed by atoms with Crippen LogP contribution in [-0.4, -0.2) is 18.4 Å². The monoisotopic (exact) mass is 302 g/mol. The van der Waals surface area contributed by atoms with E-state index in [0.717, 1.165) is 12.8 Å². The smallest absolute Gasteiger partial charge is 0.253 e. The van der Waals surface area contributed by atoms with E-state index in [0.29, 0.717) is 24.2 Å². The highest BCUT2D eigenvalue weighted by atomic mass is 16.2. The molecule has 0 saturated carbocycles. The quantitative estimate of drug-likeness (QED) is 0.508. The molecule has 0 radical (unpaired) electrons. The van der Waals surface area contributed by atoms with Gasteiger partial charge >= 0.3 is 0 Å². The Morgan fingerprint density at radius 3 is 2.59 bits per heavy atom. The Morgan fingerprint density at radius 2 is 1.86 bits per heavy atom. The zero-order valence-corrected chi connectivity index (χ0v) is 13.4. The van der Waals surface area contributed by atoms with Crippen molar-refractivity contribution >= 4 is 17.5 Å². The van der Waals surface area contributed by atoms with E-state index in [1.165, 1.54) is 19.3 Å².